The zero-order chi connectivity index (χ0) is 12.2. The summed E-state index contributed by atoms with van der Waals surface area (Å²) in [6.07, 6.45) is 1.09. The van der Waals surface area contributed by atoms with Crippen LogP contribution < -0.4 is 5.32 Å². The lowest BCUT2D eigenvalue weighted by Gasteiger charge is -2.32. The molecule has 0 amide bonds. The zero-order valence-corrected chi connectivity index (χ0v) is 10.7. The molecular weight excluding hydrogens is 201 g/mol. The Balaban J connectivity index is 2.92. The van der Waals surface area contributed by atoms with Gasteiger partial charge in [0.15, 0.2) is 0 Å². The summed E-state index contributed by atoms with van der Waals surface area (Å²) in [5.41, 5.74) is 1.11. The van der Waals surface area contributed by atoms with E-state index in [1.54, 1.807) is 12.1 Å². The van der Waals surface area contributed by atoms with Crippen molar-refractivity contribution in [2.45, 2.75) is 40.2 Å². The Hall–Kier alpha value is -0.890. The highest BCUT2D eigenvalue weighted by molar-refractivity contribution is 5.21. The fourth-order valence-corrected chi connectivity index (χ4v) is 1.90. The molecule has 0 aliphatic carbocycles. The van der Waals surface area contributed by atoms with Gasteiger partial charge in [-0.2, -0.15) is 0 Å². The van der Waals surface area contributed by atoms with Gasteiger partial charge >= 0.3 is 0 Å². The summed E-state index contributed by atoms with van der Waals surface area (Å²) in [7, 11) is 0. The summed E-state index contributed by atoms with van der Waals surface area (Å²) >= 11 is 0. The van der Waals surface area contributed by atoms with E-state index in [1.165, 1.54) is 6.07 Å². The first-order valence-corrected chi connectivity index (χ1v) is 5.94. The van der Waals surface area contributed by atoms with Crippen molar-refractivity contribution >= 4 is 0 Å². The van der Waals surface area contributed by atoms with Gasteiger partial charge in [0.25, 0.3) is 0 Å². The summed E-state index contributed by atoms with van der Waals surface area (Å²) in [6.45, 7) is 9.61. The smallest absolute Gasteiger partial charge is 0.123 e. The molecule has 1 N–H and O–H groups in total. The highest BCUT2D eigenvalue weighted by Gasteiger charge is 2.25. The van der Waals surface area contributed by atoms with Crippen LogP contribution in [0.2, 0.25) is 0 Å². The van der Waals surface area contributed by atoms with Crippen LogP contribution in [0.3, 0.4) is 0 Å². The fraction of sp³-hybridized carbons (Fsp3) is 0.571. The van der Waals surface area contributed by atoms with Gasteiger partial charge in [0.1, 0.15) is 5.82 Å². The normalized spacial score (nSPS) is 13.8. The van der Waals surface area contributed by atoms with Crippen LogP contribution in [0.25, 0.3) is 0 Å². The second-order valence-electron chi connectivity index (χ2n) is 5.31. The van der Waals surface area contributed by atoms with Crippen LogP contribution >= 0.6 is 0 Å². The Morgan fingerprint density at radius 1 is 1.31 bits per heavy atom. The van der Waals surface area contributed by atoms with E-state index in [-0.39, 0.29) is 17.3 Å². The quantitative estimate of drug-likeness (QED) is 0.816. The van der Waals surface area contributed by atoms with Crippen molar-refractivity contribution in [1.29, 1.82) is 0 Å². The van der Waals surface area contributed by atoms with Crippen LogP contribution in [-0.4, -0.2) is 6.54 Å². The molecular formula is C14H22FN. The highest BCUT2D eigenvalue weighted by atomic mass is 19.1. The molecule has 2 heteroatoms. The van der Waals surface area contributed by atoms with E-state index in [9.17, 15) is 4.39 Å². The summed E-state index contributed by atoms with van der Waals surface area (Å²) < 4.78 is 13.2. The zero-order valence-electron chi connectivity index (χ0n) is 10.7. The molecule has 0 aliphatic rings. The molecule has 16 heavy (non-hydrogen) atoms. The summed E-state index contributed by atoms with van der Waals surface area (Å²) in [6, 6.07) is 7.07. The number of hydrogen-bond acceptors (Lipinski definition) is 1. The third kappa shape index (κ3) is 3.60. The third-order valence-corrected chi connectivity index (χ3v) is 2.65. The average molecular weight is 223 g/mol. The lowest BCUT2D eigenvalue weighted by molar-refractivity contribution is 0.272. The maximum atomic E-state index is 13.2. The Kier molecular flexibility index (Phi) is 4.48. The van der Waals surface area contributed by atoms with Gasteiger partial charge in [0.05, 0.1) is 0 Å². The van der Waals surface area contributed by atoms with Crippen LogP contribution in [0.4, 0.5) is 4.39 Å². The van der Waals surface area contributed by atoms with Crippen molar-refractivity contribution in [2.24, 2.45) is 5.41 Å². The molecule has 1 aromatic carbocycles. The predicted octanol–water partition coefficient (Wildman–Crippen LogP) is 3.91. The minimum atomic E-state index is -0.162. The molecule has 0 radical (unpaired) electrons. The number of hydrogen-bond donors (Lipinski definition) is 1. The van der Waals surface area contributed by atoms with E-state index in [1.807, 2.05) is 6.07 Å². The van der Waals surface area contributed by atoms with E-state index in [0.29, 0.717) is 0 Å². The van der Waals surface area contributed by atoms with E-state index in [2.05, 4.69) is 33.0 Å². The van der Waals surface area contributed by atoms with Crippen LogP contribution in [0.1, 0.15) is 45.7 Å². The average Bonchev–Trinajstić information content (AvgIpc) is 2.16. The first-order valence-electron chi connectivity index (χ1n) is 5.94. The monoisotopic (exact) mass is 223 g/mol. The molecule has 1 nitrogen and oxygen atoms in total. The number of benzene rings is 1. The number of rotatable bonds is 4. The largest absolute Gasteiger partial charge is 0.309 e. The predicted molar refractivity (Wildman–Crippen MR) is 66.9 cm³/mol. The third-order valence-electron chi connectivity index (χ3n) is 2.65. The van der Waals surface area contributed by atoms with Crippen molar-refractivity contribution in [3.8, 4) is 0 Å². The minimum Gasteiger partial charge on any atom is -0.309 e. The van der Waals surface area contributed by atoms with Crippen LogP contribution in [-0.2, 0) is 0 Å². The summed E-state index contributed by atoms with van der Waals surface area (Å²) in [4.78, 5) is 0. The van der Waals surface area contributed by atoms with Gasteiger partial charge in [-0.05, 0) is 36.1 Å². The Morgan fingerprint density at radius 2 is 2.00 bits per heavy atom. The van der Waals surface area contributed by atoms with E-state index >= 15 is 0 Å². The number of halogens is 1. The van der Waals surface area contributed by atoms with E-state index in [0.717, 1.165) is 18.5 Å². The van der Waals surface area contributed by atoms with Gasteiger partial charge in [0.2, 0.25) is 0 Å². The highest BCUT2D eigenvalue weighted by Crippen LogP contribution is 2.32. The molecule has 1 unspecified atom stereocenters. The molecule has 0 saturated carbocycles. The summed E-state index contributed by atoms with van der Waals surface area (Å²) in [5.74, 6) is -0.162. The van der Waals surface area contributed by atoms with Crippen LogP contribution in [0, 0.1) is 11.2 Å². The molecule has 0 aliphatic heterocycles. The van der Waals surface area contributed by atoms with E-state index in [4.69, 9.17) is 0 Å². The maximum Gasteiger partial charge on any atom is 0.123 e. The molecule has 0 saturated heterocycles. The Labute approximate surface area is 98.1 Å². The first-order chi connectivity index (χ1) is 7.45. The Morgan fingerprint density at radius 3 is 2.50 bits per heavy atom. The lowest BCUT2D eigenvalue weighted by Crippen LogP contribution is -2.32. The van der Waals surface area contributed by atoms with Crippen molar-refractivity contribution in [1.82, 2.24) is 5.32 Å². The molecule has 1 aromatic rings. The molecule has 0 bridgehead atoms. The SMILES string of the molecule is CCCNC(c1cccc(F)c1)C(C)(C)C. The molecule has 0 aromatic heterocycles. The topological polar surface area (TPSA) is 12.0 Å². The molecule has 0 spiro atoms. The fourth-order valence-electron chi connectivity index (χ4n) is 1.90. The van der Waals surface area contributed by atoms with Gasteiger partial charge in [0, 0.05) is 6.04 Å². The Bertz CT molecular complexity index is 328. The molecule has 0 heterocycles. The van der Waals surface area contributed by atoms with Gasteiger partial charge in [-0.3, -0.25) is 0 Å². The molecule has 1 atom stereocenters. The van der Waals surface area contributed by atoms with Crippen LogP contribution in [0.5, 0.6) is 0 Å². The standard InChI is InChI=1S/C14H22FN/c1-5-9-16-13(14(2,3)4)11-7-6-8-12(15)10-11/h6-8,10,13,16H,5,9H2,1-4H3. The van der Waals surface area contributed by atoms with Gasteiger partial charge in [-0.25, -0.2) is 4.39 Å². The maximum absolute atomic E-state index is 13.2. The van der Waals surface area contributed by atoms with Gasteiger partial charge < -0.3 is 5.32 Å². The van der Waals surface area contributed by atoms with Crippen molar-refractivity contribution in [3.05, 3.63) is 35.6 Å². The lowest BCUT2D eigenvalue weighted by atomic mass is 9.82. The van der Waals surface area contributed by atoms with Crippen molar-refractivity contribution in [2.75, 3.05) is 6.54 Å². The van der Waals surface area contributed by atoms with Crippen molar-refractivity contribution in [3.63, 3.8) is 0 Å². The van der Waals surface area contributed by atoms with Gasteiger partial charge in [-0.15, -0.1) is 0 Å². The molecule has 1 rings (SSSR count). The minimum absolute atomic E-state index is 0.0863. The van der Waals surface area contributed by atoms with Crippen molar-refractivity contribution < 1.29 is 4.39 Å². The second kappa shape index (κ2) is 5.44. The molecule has 0 fully saturated rings. The first kappa shape index (κ1) is 13.2. The van der Waals surface area contributed by atoms with E-state index < -0.39 is 0 Å². The summed E-state index contributed by atoms with van der Waals surface area (Å²) in [5, 5.41) is 3.49. The second-order valence-corrected chi connectivity index (χ2v) is 5.31. The van der Waals surface area contributed by atoms with Crippen LogP contribution in [0.15, 0.2) is 24.3 Å². The molecule has 90 valence electrons. The number of nitrogens with one attached hydrogen (secondary N) is 1. The van der Waals surface area contributed by atoms with Gasteiger partial charge in [-0.1, -0.05) is 39.8 Å².